The van der Waals surface area contributed by atoms with Gasteiger partial charge in [-0.25, -0.2) is 0 Å². The summed E-state index contributed by atoms with van der Waals surface area (Å²) >= 11 is 0. The molecule has 0 amide bonds. The first-order valence-electron chi connectivity index (χ1n) is 11.6. The maximum absolute atomic E-state index is 2.46. The number of allylic oxidation sites excluding steroid dienone is 1. The standard InChI is InChI=1S/C31H36/c1-8-21-16-23-14-15-27(22-12-10-9-11-13-22)29(28(23)17-21)24-18-25(30(2,3)4)20-26(19-24)31(5,6)7/h9-15,17-20H,8,16H2,1-7H3. The van der Waals surface area contributed by atoms with Crippen LogP contribution >= 0.6 is 0 Å². The van der Waals surface area contributed by atoms with E-state index in [4.69, 9.17) is 0 Å². The topological polar surface area (TPSA) is 0 Å². The molecule has 0 heterocycles. The average molecular weight is 409 g/mol. The number of hydrogen-bond donors (Lipinski definition) is 0. The second-order valence-electron chi connectivity index (χ2n) is 11.1. The molecule has 3 aromatic rings. The minimum absolute atomic E-state index is 0.102. The van der Waals surface area contributed by atoms with E-state index in [1.165, 1.54) is 50.1 Å². The van der Waals surface area contributed by atoms with Gasteiger partial charge in [0.1, 0.15) is 0 Å². The van der Waals surface area contributed by atoms with E-state index in [9.17, 15) is 0 Å². The summed E-state index contributed by atoms with van der Waals surface area (Å²) in [5.74, 6) is 0. The van der Waals surface area contributed by atoms with Crippen molar-refractivity contribution in [1.29, 1.82) is 0 Å². The van der Waals surface area contributed by atoms with E-state index in [1.807, 2.05) is 0 Å². The van der Waals surface area contributed by atoms with Crippen LogP contribution in [0.3, 0.4) is 0 Å². The van der Waals surface area contributed by atoms with E-state index < -0.39 is 0 Å². The summed E-state index contributed by atoms with van der Waals surface area (Å²) in [6.45, 7) is 16.2. The lowest BCUT2D eigenvalue weighted by Crippen LogP contribution is -2.16. The van der Waals surface area contributed by atoms with Crippen LogP contribution < -0.4 is 0 Å². The maximum atomic E-state index is 2.46. The quantitative estimate of drug-likeness (QED) is 0.405. The molecule has 4 rings (SSSR count). The van der Waals surface area contributed by atoms with Crippen LogP contribution in [0.25, 0.3) is 28.3 Å². The summed E-state index contributed by atoms with van der Waals surface area (Å²) < 4.78 is 0. The number of fused-ring (bicyclic) bond motifs is 1. The third-order valence-corrected chi connectivity index (χ3v) is 6.59. The maximum Gasteiger partial charge on any atom is -0.00298 e. The van der Waals surface area contributed by atoms with Crippen molar-refractivity contribution in [2.75, 3.05) is 0 Å². The first-order valence-corrected chi connectivity index (χ1v) is 11.6. The van der Waals surface area contributed by atoms with Crippen molar-refractivity contribution in [2.45, 2.75) is 72.1 Å². The van der Waals surface area contributed by atoms with Crippen LogP contribution in [-0.4, -0.2) is 0 Å². The van der Waals surface area contributed by atoms with Gasteiger partial charge in [-0.2, -0.15) is 0 Å². The van der Waals surface area contributed by atoms with E-state index in [2.05, 4.69) is 115 Å². The molecular weight excluding hydrogens is 372 g/mol. The SMILES string of the molecule is CCC1=Cc2c(ccc(-c3ccccc3)c2-c2cc(C(C)(C)C)cc(C(C)(C)C)c2)C1. The van der Waals surface area contributed by atoms with E-state index in [-0.39, 0.29) is 10.8 Å². The van der Waals surface area contributed by atoms with Crippen LogP contribution in [0, 0.1) is 0 Å². The van der Waals surface area contributed by atoms with Gasteiger partial charge in [0.25, 0.3) is 0 Å². The lowest BCUT2D eigenvalue weighted by molar-refractivity contribution is 0.569. The molecule has 3 aromatic carbocycles. The van der Waals surface area contributed by atoms with E-state index in [0.717, 1.165) is 12.8 Å². The van der Waals surface area contributed by atoms with Crippen molar-refractivity contribution >= 4 is 6.08 Å². The van der Waals surface area contributed by atoms with E-state index in [0.29, 0.717) is 0 Å². The minimum Gasteiger partial charge on any atom is -0.0655 e. The fraction of sp³-hybridized carbons (Fsp3) is 0.355. The molecule has 1 aliphatic carbocycles. The molecule has 0 N–H and O–H groups in total. The third kappa shape index (κ3) is 4.26. The molecule has 0 heteroatoms. The highest BCUT2D eigenvalue weighted by Gasteiger charge is 2.24. The van der Waals surface area contributed by atoms with Gasteiger partial charge in [-0.05, 0) is 68.2 Å². The second kappa shape index (κ2) is 7.83. The molecular formula is C31H36. The molecule has 0 atom stereocenters. The third-order valence-electron chi connectivity index (χ3n) is 6.59. The lowest BCUT2D eigenvalue weighted by atomic mass is 9.77. The van der Waals surface area contributed by atoms with Gasteiger partial charge >= 0.3 is 0 Å². The Hall–Kier alpha value is -2.60. The molecule has 0 aliphatic heterocycles. The average Bonchev–Trinajstić information content (AvgIpc) is 3.15. The van der Waals surface area contributed by atoms with Gasteiger partial charge in [-0.15, -0.1) is 0 Å². The molecule has 0 aromatic heterocycles. The molecule has 1 aliphatic rings. The lowest BCUT2D eigenvalue weighted by Gasteiger charge is -2.27. The normalized spacial score (nSPS) is 13.8. The molecule has 0 saturated carbocycles. The van der Waals surface area contributed by atoms with E-state index in [1.54, 1.807) is 0 Å². The number of benzene rings is 3. The van der Waals surface area contributed by atoms with Crippen LogP contribution in [0.1, 0.15) is 77.1 Å². The molecule has 0 nitrogen and oxygen atoms in total. The van der Waals surface area contributed by atoms with Gasteiger partial charge in [0.15, 0.2) is 0 Å². The summed E-state index contributed by atoms with van der Waals surface area (Å²) in [7, 11) is 0. The van der Waals surface area contributed by atoms with Crippen molar-refractivity contribution in [1.82, 2.24) is 0 Å². The van der Waals surface area contributed by atoms with Crippen molar-refractivity contribution in [2.24, 2.45) is 0 Å². The fourth-order valence-electron chi connectivity index (χ4n) is 4.52. The first kappa shape index (κ1) is 21.6. The molecule has 0 bridgehead atoms. The molecule has 0 fully saturated rings. The van der Waals surface area contributed by atoms with Crippen molar-refractivity contribution < 1.29 is 0 Å². The highest BCUT2D eigenvalue weighted by molar-refractivity contribution is 5.92. The van der Waals surface area contributed by atoms with Crippen LogP contribution in [0.4, 0.5) is 0 Å². The molecule has 160 valence electrons. The zero-order valence-corrected chi connectivity index (χ0v) is 20.3. The van der Waals surface area contributed by atoms with Gasteiger partial charge < -0.3 is 0 Å². The Kier molecular flexibility index (Phi) is 5.46. The Morgan fingerprint density at radius 3 is 1.87 bits per heavy atom. The van der Waals surface area contributed by atoms with Crippen molar-refractivity contribution in [3.05, 3.63) is 88.5 Å². The van der Waals surface area contributed by atoms with E-state index >= 15 is 0 Å². The summed E-state index contributed by atoms with van der Waals surface area (Å²) in [5, 5.41) is 0. The molecule has 0 spiro atoms. The predicted molar refractivity (Wildman–Crippen MR) is 137 cm³/mol. The molecule has 31 heavy (non-hydrogen) atoms. The Balaban J connectivity index is 2.06. The zero-order chi connectivity index (χ0) is 22.4. The number of hydrogen-bond acceptors (Lipinski definition) is 0. The molecule has 0 unspecified atom stereocenters. The van der Waals surface area contributed by atoms with Gasteiger partial charge in [0.05, 0.1) is 0 Å². The summed E-state index contributed by atoms with van der Waals surface area (Å²) in [6, 6.07) is 22.9. The van der Waals surface area contributed by atoms with Crippen LogP contribution in [0.15, 0.2) is 66.2 Å². The fourth-order valence-corrected chi connectivity index (χ4v) is 4.52. The van der Waals surface area contributed by atoms with Crippen molar-refractivity contribution in [3.8, 4) is 22.3 Å². The summed E-state index contributed by atoms with van der Waals surface area (Å²) in [6.07, 6.45) is 4.65. The Morgan fingerprint density at radius 1 is 0.710 bits per heavy atom. The Labute approximate surface area is 189 Å². The Morgan fingerprint density at radius 2 is 1.32 bits per heavy atom. The number of rotatable bonds is 3. The van der Waals surface area contributed by atoms with Crippen LogP contribution in [-0.2, 0) is 17.3 Å². The highest BCUT2D eigenvalue weighted by atomic mass is 14.3. The van der Waals surface area contributed by atoms with Gasteiger partial charge in [-0.1, -0.05) is 121 Å². The molecule has 0 radical (unpaired) electrons. The zero-order valence-electron chi connectivity index (χ0n) is 20.3. The minimum atomic E-state index is 0.102. The van der Waals surface area contributed by atoms with Gasteiger partial charge in [0, 0.05) is 0 Å². The first-order chi connectivity index (χ1) is 14.6. The van der Waals surface area contributed by atoms with Gasteiger partial charge in [0.2, 0.25) is 0 Å². The second-order valence-corrected chi connectivity index (χ2v) is 11.1. The highest BCUT2D eigenvalue weighted by Crippen LogP contribution is 2.43. The summed E-state index contributed by atoms with van der Waals surface area (Å²) in [5.41, 5.74) is 12.8. The largest absolute Gasteiger partial charge is 0.0655 e. The van der Waals surface area contributed by atoms with Crippen LogP contribution in [0.5, 0.6) is 0 Å². The van der Waals surface area contributed by atoms with Crippen LogP contribution in [0.2, 0.25) is 0 Å². The predicted octanol–water partition coefficient (Wildman–Crippen LogP) is 8.97. The summed E-state index contributed by atoms with van der Waals surface area (Å²) in [4.78, 5) is 0. The Bertz CT molecular complexity index is 1100. The van der Waals surface area contributed by atoms with Gasteiger partial charge in [-0.3, -0.25) is 0 Å². The van der Waals surface area contributed by atoms with Crippen molar-refractivity contribution in [3.63, 3.8) is 0 Å². The smallest absolute Gasteiger partial charge is 0.00298 e. The monoisotopic (exact) mass is 408 g/mol. The molecule has 0 saturated heterocycles.